The van der Waals surface area contributed by atoms with Crippen LogP contribution >= 0.6 is 0 Å². The quantitative estimate of drug-likeness (QED) is 0.930. The highest BCUT2D eigenvalue weighted by atomic mass is 15.3. The van der Waals surface area contributed by atoms with Crippen LogP contribution in [0.3, 0.4) is 0 Å². The Labute approximate surface area is 123 Å². The van der Waals surface area contributed by atoms with Crippen molar-refractivity contribution in [2.45, 2.75) is 39.3 Å². The molecule has 0 unspecified atom stereocenters. The lowest BCUT2D eigenvalue weighted by atomic mass is 10.0. The van der Waals surface area contributed by atoms with Crippen molar-refractivity contribution < 1.29 is 0 Å². The third-order valence-electron chi connectivity index (χ3n) is 3.78. The van der Waals surface area contributed by atoms with Crippen LogP contribution in [0, 0.1) is 17.2 Å². The molecule has 1 aliphatic rings. The molecule has 0 saturated heterocycles. The second-order valence-corrected chi connectivity index (χ2v) is 5.64. The van der Waals surface area contributed by atoms with Crippen LogP contribution in [0.5, 0.6) is 0 Å². The summed E-state index contributed by atoms with van der Waals surface area (Å²) in [4.78, 5) is 4.28. The van der Waals surface area contributed by atoms with Gasteiger partial charge in [-0.25, -0.2) is 4.98 Å². The summed E-state index contributed by atoms with van der Waals surface area (Å²) in [5.41, 5.74) is 0.560. The molecule has 2 aromatic heterocycles. The third kappa shape index (κ3) is 2.59. The molecule has 1 aliphatic heterocycles. The molecule has 108 valence electrons. The normalized spacial score (nSPS) is 14.8. The van der Waals surface area contributed by atoms with Gasteiger partial charge in [-0.15, -0.1) is 10.2 Å². The van der Waals surface area contributed by atoms with E-state index in [4.69, 9.17) is 5.26 Å². The Kier molecular flexibility index (Phi) is 3.57. The lowest BCUT2D eigenvalue weighted by Crippen LogP contribution is -2.21. The maximum atomic E-state index is 8.82. The highest BCUT2D eigenvalue weighted by Crippen LogP contribution is 2.27. The van der Waals surface area contributed by atoms with Crippen LogP contribution in [0.25, 0.3) is 0 Å². The van der Waals surface area contributed by atoms with E-state index < -0.39 is 0 Å². The first-order valence-corrected chi connectivity index (χ1v) is 7.23. The number of nitrogens with zero attached hydrogens (tertiary/aromatic N) is 5. The van der Waals surface area contributed by atoms with E-state index in [1.165, 1.54) is 0 Å². The molecule has 0 amide bonds. The number of anilines is 1. The lowest BCUT2D eigenvalue weighted by Gasteiger charge is -2.22. The molecular weight excluding hydrogens is 264 g/mol. The molecule has 0 aliphatic carbocycles. The monoisotopic (exact) mass is 282 g/mol. The number of pyridine rings is 1. The van der Waals surface area contributed by atoms with Crippen LogP contribution in [0.15, 0.2) is 18.3 Å². The number of hydrogen-bond acceptors (Lipinski definition) is 5. The number of nitriles is 1. The Bertz CT molecular complexity index is 664. The second kappa shape index (κ2) is 5.52. The zero-order chi connectivity index (χ0) is 14.8. The van der Waals surface area contributed by atoms with Crippen molar-refractivity contribution in [1.29, 1.82) is 5.26 Å². The van der Waals surface area contributed by atoms with Gasteiger partial charge in [0, 0.05) is 19.2 Å². The first-order valence-electron chi connectivity index (χ1n) is 7.23. The van der Waals surface area contributed by atoms with Gasteiger partial charge in [0.15, 0.2) is 5.82 Å². The van der Waals surface area contributed by atoms with Crippen LogP contribution < -0.4 is 5.32 Å². The molecule has 3 heterocycles. The Morgan fingerprint density at radius 3 is 2.86 bits per heavy atom. The minimum Gasteiger partial charge on any atom is -0.360 e. The molecule has 3 rings (SSSR count). The number of aromatic nitrogens is 4. The SMILES string of the molecule is CC(C)[C@H](Nc1ccc(C#N)cn1)c1nnc2n1CCC2. The number of aryl methyl sites for hydroxylation is 1. The van der Waals surface area contributed by atoms with E-state index in [-0.39, 0.29) is 6.04 Å². The molecule has 6 nitrogen and oxygen atoms in total. The molecule has 1 N–H and O–H groups in total. The molecule has 0 fully saturated rings. The Balaban J connectivity index is 1.86. The Morgan fingerprint density at radius 2 is 2.19 bits per heavy atom. The van der Waals surface area contributed by atoms with E-state index >= 15 is 0 Å². The van der Waals surface area contributed by atoms with Crippen molar-refractivity contribution in [3.63, 3.8) is 0 Å². The summed E-state index contributed by atoms with van der Waals surface area (Å²) in [6, 6.07) is 5.73. The van der Waals surface area contributed by atoms with Gasteiger partial charge in [-0.3, -0.25) is 0 Å². The predicted molar refractivity (Wildman–Crippen MR) is 78.5 cm³/mol. The van der Waals surface area contributed by atoms with E-state index in [0.29, 0.717) is 11.5 Å². The third-order valence-corrected chi connectivity index (χ3v) is 3.78. The summed E-state index contributed by atoms with van der Waals surface area (Å²) in [6.07, 6.45) is 3.72. The summed E-state index contributed by atoms with van der Waals surface area (Å²) >= 11 is 0. The van der Waals surface area contributed by atoms with Crippen molar-refractivity contribution in [2.75, 3.05) is 5.32 Å². The van der Waals surface area contributed by atoms with E-state index in [1.54, 1.807) is 12.3 Å². The summed E-state index contributed by atoms with van der Waals surface area (Å²) < 4.78 is 2.21. The largest absolute Gasteiger partial charge is 0.360 e. The van der Waals surface area contributed by atoms with Gasteiger partial charge in [0.1, 0.15) is 17.7 Å². The summed E-state index contributed by atoms with van der Waals surface area (Å²) in [7, 11) is 0. The molecule has 0 bridgehead atoms. The molecule has 0 aromatic carbocycles. The average Bonchev–Trinajstić information content (AvgIpc) is 3.08. The van der Waals surface area contributed by atoms with Gasteiger partial charge in [0.25, 0.3) is 0 Å². The zero-order valence-corrected chi connectivity index (χ0v) is 12.2. The van der Waals surface area contributed by atoms with Gasteiger partial charge < -0.3 is 9.88 Å². The lowest BCUT2D eigenvalue weighted by molar-refractivity contribution is 0.495. The van der Waals surface area contributed by atoms with Gasteiger partial charge in [-0.2, -0.15) is 5.26 Å². The molecular formula is C15H18N6. The fraction of sp³-hybridized carbons (Fsp3) is 0.467. The smallest absolute Gasteiger partial charge is 0.155 e. The number of nitrogens with one attached hydrogen (secondary N) is 1. The highest BCUT2D eigenvalue weighted by molar-refractivity contribution is 5.40. The minimum atomic E-state index is 0.0600. The first kappa shape index (κ1) is 13.6. The topological polar surface area (TPSA) is 79.4 Å². The summed E-state index contributed by atoms with van der Waals surface area (Å²) in [5.74, 6) is 3.16. The predicted octanol–water partition coefficient (Wildman–Crippen LogP) is 2.30. The van der Waals surface area contributed by atoms with E-state index in [9.17, 15) is 0 Å². The van der Waals surface area contributed by atoms with Gasteiger partial charge in [0.2, 0.25) is 0 Å². The van der Waals surface area contributed by atoms with Crippen molar-refractivity contribution in [3.05, 3.63) is 35.5 Å². The Morgan fingerprint density at radius 1 is 1.33 bits per heavy atom. The van der Waals surface area contributed by atoms with E-state index in [2.05, 4.69) is 45.0 Å². The molecule has 6 heteroatoms. The minimum absolute atomic E-state index is 0.0600. The zero-order valence-electron chi connectivity index (χ0n) is 12.2. The molecule has 1 atom stereocenters. The average molecular weight is 282 g/mol. The van der Waals surface area contributed by atoms with Crippen molar-refractivity contribution >= 4 is 5.82 Å². The number of fused-ring (bicyclic) bond motifs is 1. The molecule has 0 radical (unpaired) electrons. The van der Waals surface area contributed by atoms with Crippen LogP contribution in [-0.2, 0) is 13.0 Å². The van der Waals surface area contributed by atoms with Gasteiger partial charge in [-0.05, 0) is 24.5 Å². The van der Waals surface area contributed by atoms with Gasteiger partial charge in [0.05, 0.1) is 11.6 Å². The molecule has 2 aromatic rings. The Hall–Kier alpha value is -2.42. The van der Waals surface area contributed by atoms with Crippen molar-refractivity contribution in [1.82, 2.24) is 19.7 Å². The standard InChI is InChI=1S/C15H18N6/c1-10(2)14(15-20-19-13-4-3-7-21(13)15)18-12-6-5-11(8-16)9-17-12/h5-6,9-10,14H,3-4,7H2,1-2H3,(H,17,18)/t14-/m0/s1. The van der Waals surface area contributed by atoms with E-state index in [1.807, 2.05) is 6.07 Å². The van der Waals surface area contributed by atoms with Gasteiger partial charge in [-0.1, -0.05) is 13.8 Å². The fourth-order valence-corrected chi connectivity index (χ4v) is 2.64. The van der Waals surface area contributed by atoms with Crippen LogP contribution in [0.2, 0.25) is 0 Å². The van der Waals surface area contributed by atoms with Crippen molar-refractivity contribution in [2.24, 2.45) is 5.92 Å². The summed E-state index contributed by atoms with van der Waals surface area (Å²) in [6.45, 7) is 5.29. The second-order valence-electron chi connectivity index (χ2n) is 5.64. The van der Waals surface area contributed by atoms with Crippen LogP contribution in [0.4, 0.5) is 5.82 Å². The molecule has 0 saturated carbocycles. The van der Waals surface area contributed by atoms with Gasteiger partial charge >= 0.3 is 0 Å². The maximum absolute atomic E-state index is 8.82. The highest BCUT2D eigenvalue weighted by Gasteiger charge is 2.26. The maximum Gasteiger partial charge on any atom is 0.155 e. The number of rotatable bonds is 4. The molecule has 0 spiro atoms. The molecule has 21 heavy (non-hydrogen) atoms. The summed E-state index contributed by atoms with van der Waals surface area (Å²) in [5, 5.41) is 20.9. The van der Waals surface area contributed by atoms with Crippen molar-refractivity contribution in [3.8, 4) is 6.07 Å². The fourth-order valence-electron chi connectivity index (χ4n) is 2.64. The number of hydrogen-bond donors (Lipinski definition) is 1. The van der Waals surface area contributed by atoms with Crippen LogP contribution in [0.1, 0.15) is 43.5 Å². The first-order chi connectivity index (χ1) is 10.2. The van der Waals surface area contributed by atoms with Crippen LogP contribution in [-0.4, -0.2) is 19.7 Å². The van der Waals surface area contributed by atoms with E-state index in [0.717, 1.165) is 36.9 Å².